The second-order valence-corrected chi connectivity index (χ2v) is 4.10. The predicted molar refractivity (Wildman–Crippen MR) is 76.7 cm³/mol. The van der Waals surface area contributed by atoms with Crippen molar-refractivity contribution in [2.75, 3.05) is 24.7 Å². The number of nitrogens with two attached hydrogens (primary N) is 1. The van der Waals surface area contributed by atoms with Crippen molar-refractivity contribution in [2.24, 2.45) is 0 Å². The third-order valence-corrected chi connectivity index (χ3v) is 2.78. The van der Waals surface area contributed by atoms with Crippen molar-refractivity contribution in [1.29, 1.82) is 0 Å². The van der Waals surface area contributed by atoms with E-state index in [2.05, 4.69) is 5.32 Å². The van der Waals surface area contributed by atoms with E-state index < -0.39 is 0 Å². The second-order valence-electron chi connectivity index (χ2n) is 4.10. The van der Waals surface area contributed by atoms with E-state index >= 15 is 0 Å². The molecule has 2 aromatic rings. The van der Waals surface area contributed by atoms with Gasteiger partial charge in [0.25, 0.3) is 0 Å². The van der Waals surface area contributed by atoms with Gasteiger partial charge in [0.2, 0.25) is 0 Å². The zero-order valence-corrected chi connectivity index (χ0v) is 10.7. The summed E-state index contributed by atoms with van der Waals surface area (Å²) in [6.45, 7) is 0.232. The lowest BCUT2D eigenvalue weighted by Crippen LogP contribution is -2.14. The average molecular weight is 256 g/mol. The van der Waals surface area contributed by atoms with Crippen molar-refractivity contribution >= 4 is 17.2 Å². The van der Waals surface area contributed by atoms with Gasteiger partial charge in [-0.15, -0.1) is 0 Å². The van der Waals surface area contributed by atoms with Crippen molar-refractivity contribution in [3.8, 4) is 5.75 Å². The first-order chi connectivity index (χ1) is 9.20. The number of carbonyl (C=O) groups excluding carboxylic acids is 1. The maximum absolute atomic E-state index is 12.0. The number of anilines is 2. The van der Waals surface area contributed by atoms with Crippen molar-refractivity contribution in [3.05, 3.63) is 54.1 Å². The summed E-state index contributed by atoms with van der Waals surface area (Å²) in [7, 11) is 1.55. The molecule has 0 unspecified atom stereocenters. The molecule has 0 amide bonds. The number of benzene rings is 2. The van der Waals surface area contributed by atoms with E-state index in [1.165, 1.54) is 0 Å². The number of hydrogen-bond acceptors (Lipinski definition) is 4. The molecule has 2 aromatic carbocycles. The van der Waals surface area contributed by atoms with Crippen LogP contribution in [0.1, 0.15) is 10.4 Å². The molecule has 98 valence electrons. The second kappa shape index (κ2) is 5.91. The molecular weight excluding hydrogens is 240 g/mol. The van der Waals surface area contributed by atoms with E-state index in [0.717, 1.165) is 5.69 Å². The summed E-state index contributed by atoms with van der Waals surface area (Å²) in [6.07, 6.45) is 0. The minimum absolute atomic E-state index is 0.0155. The molecule has 0 saturated heterocycles. The number of nitrogen functional groups attached to an aromatic ring is 1. The third kappa shape index (κ3) is 3.25. The van der Waals surface area contributed by atoms with Crippen molar-refractivity contribution in [2.45, 2.75) is 0 Å². The number of hydrogen-bond donors (Lipinski definition) is 2. The fraction of sp³-hybridized carbons (Fsp3) is 0.133. The Morgan fingerprint density at radius 3 is 2.58 bits per heavy atom. The number of rotatable bonds is 5. The van der Waals surface area contributed by atoms with Crippen LogP contribution in [0.25, 0.3) is 0 Å². The molecule has 4 nitrogen and oxygen atoms in total. The molecule has 3 N–H and O–H groups in total. The standard InChI is InChI=1S/C15H16N2O2/c1-19-15-8-7-11(9-13(15)16)14(18)10-17-12-5-3-2-4-6-12/h2-9,17H,10,16H2,1H3. The lowest BCUT2D eigenvalue weighted by atomic mass is 10.1. The molecular formula is C15H16N2O2. The largest absolute Gasteiger partial charge is 0.495 e. The summed E-state index contributed by atoms with van der Waals surface area (Å²) in [5, 5.41) is 3.07. The number of nitrogens with one attached hydrogen (secondary N) is 1. The summed E-state index contributed by atoms with van der Waals surface area (Å²) in [6, 6.07) is 14.6. The summed E-state index contributed by atoms with van der Waals surface area (Å²) in [5.41, 5.74) is 7.73. The molecule has 0 saturated carbocycles. The topological polar surface area (TPSA) is 64.3 Å². The normalized spacial score (nSPS) is 9.95. The van der Waals surface area contributed by atoms with Crippen molar-refractivity contribution < 1.29 is 9.53 Å². The summed E-state index contributed by atoms with van der Waals surface area (Å²) in [4.78, 5) is 12.0. The molecule has 0 aliphatic rings. The smallest absolute Gasteiger partial charge is 0.181 e. The highest BCUT2D eigenvalue weighted by atomic mass is 16.5. The van der Waals surface area contributed by atoms with E-state index in [0.29, 0.717) is 17.0 Å². The van der Waals surface area contributed by atoms with E-state index in [1.807, 2.05) is 30.3 Å². The molecule has 0 heterocycles. The number of ether oxygens (including phenoxy) is 1. The van der Waals surface area contributed by atoms with Crippen LogP contribution in [0.15, 0.2) is 48.5 Å². The molecule has 0 spiro atoms. The van der Waals surface area contributed by atoms with Crippen LogP contribution in [0.4, 0.5) is 11.4 Å². The lowest BCUT2D eigenvalue weighted by molar-refractivity contribution is 0.101. The van der Waals surface area contributed by atoms with Crippen LogP contribution in [0.2, 0.25) is 0 Å². The van der Waals surface area contributed by atoms with Crippen LogP contribution < -0.4 is 15.8 Å². The highest BCUT2D eigenvalue weighted by molar-refractivity contribution is 6.00. The van der Waals surface area contributed by atoms with Gasteiger partial charge in [-0.25, -0.2) is 0 Å². The number of para-hydroxylation sites is 1. The number of methoxy groups -OCH3 is 1. The van der Waals surface area contributed by atoms with Crippen LogP contribution in [0.5, 0.6) is 5.75 Å². The lowest BCUT2D eigenvalue weighted by Gasteiger charge is -2.08. The fourth-order valence-corrected chi connectivity index (χ4v) is 1.75. The first-order valence-electron chi connectivity index (χ1n) is 5.96. The summed E-state index contributed by atoms with van der Waals surface area (Å²) >= 11 is 0. The van der Waals surface area contributed by atoms with E-state index in [9.17, 15) is 4.79 Å². The molecule has 0 aromatic heterocycles. The summed E-state index contributed by atoms with van der Waals surface area (Å²) in [5.74, 6) is 0.561. The van der Waals surface area contributed by atoms with E-state index in [-0.39, 0.29) is 12.3 Å². The molecule has 2 rings (SSSR count). The van der Waals surface area contributed by atoms with Gasteiger partial charge in [0.15, 0.2) is 5.78 Å². The van der Waals surface area contributed by atoms with Gasteiger partial charge in [-0.2, -0.15) is 0 Å². The van der Waals surface area contributed by atoms with Crippen molar-refractivity contribution in [3.63, 3.8) is 0 Å². The molecule has 0 aliphatic heterocycles. The Labute approximate surface area is 112 Å². The van der Waals surface area contributed by atoms with Crippen LogP contribution in [0, 0.1) is 0 Å². The molecule has 0 atom stereocenters. The average Bonchev–Trinajstić information content (AvgIpc) is 2.45. The SMILES string of the molecule is COc1ccc(C(=O)CNc2ccccc2)cc1N. The van der Waals surface area contributed by atoms with Gasteiger partial charge in [-0.3, -0.25) is 4.79 Å². The first kappa shape index (κ1) is 13.0. The number of Topliss-reactive ketones (excluding diaryl/α,β-unsaturated/α-hetero) is 1. The van der Waals surface area contributed by atoms with Gasteiger partial charge in [-0.05, 0) is 30.3 Å². The van der Waals surface area contributed by atoms with Gasteiger partial charge in [0.05, 0.1) is 19.3 Å². The fourth-order valence-electron chi connectivity index (χ4n) is 1.75. The van der Waals surface area contributed by atoms with Gasteiger partial charge in [-0.1, -0.05) is 18.2 Å². The van der Waals surface area contributed by atoms with E-state index in [1.54, 1.807) is 25.3 Å². The zero-order chi connectivity index (χ0) is 13.7. The Hall–Kier alpha value is -2.49. The van der Waals surface area contributed by atoms with Gasteiger partial charge < -0.3 is 15.8 Å². The molecule has 0 bridgehead atoms. The molecule has 0 aliphatic carbocycles. The van der Waals surface area contributed by atoms with E-state index in [4.69, 9.17) is 10.5 Å². The van der Waals surface area contributed by atoms with Gasteiger partial charge >= 0.3 is 0 Å². The minimum Gasteiger partial charge on any atom is -0.495 e. The highest BCUT2D eigenvalue weighted by Crippen LogP contribution is 2.22. The Kier molecular flexibility index (Phi) is 4.03. The maximum Gasteiger partial charge on any atom is 0.181 e. The highest BCUT2D eigenvalue weighted by Gasteiger charge is 2.08. The maximum atomic E-state index is 12.0. The molecule has 0 radical (unpaired) electrons. The predicted octanol–water partition coefficient (Wildman–Crippen LogP) is 2.57. The molecule has 4 heteroatoms. The van der Waals surface area contributed by atoms with Crippen molar-refractivity contribution in [1.82, 2.24) is 0 Å². The van der Waals surface area contributed by atoms with Crippen LogP contribution >= 0.6 is 0 Å². The minimum atomic E-state index is -0.0155. The zero-order valence-electron chi connectivity index (χ0n) is 10.7. The Morgan fingerprint density at radius 1 is 1.21 bits per heavy atom. The Morgan fingerprint density at radius 2 is 1.95 bits per heavy atom. The molecule has 19 heavy (non-hydrogen) atoms. The Balaban J connectivity index is 2.02. The van der Waals surface area contributed by atoms with Crippen LogP contribution in [0.3, 0.4) is 0 Å². The quantitative estimate of drug-likeness (QED) is 0.637. The van der Waals surface area contributed by atoms with Crippen LogP contribution in [-0.4, -0.2) is 19.4 Å². The Bertz CT molecular complexity index is 568. The summed E-state index contributed by atoms with van der Waals surface area (Å²) < 4.78 is 5.06. The monoisotopic (exact) mass is 256 g/mol. The number of carbonyl (C=O) groups is 1. The molecule has 0 fully saturated rings. The number of ketones is 1. The van der Waals surface area contributed by atoms with Crippen LogP contribution in [-0.2, 0) is 0 Å². The first-order valence-corrected chi connectivity index (χ1v) is 5.96. The van der Waals surface area contributed by atoms with Gasteiger partial charge in [0.1, 0.15) is 5.75 Å². The van der Waals surface area contributed by atoms with Gasteiger partial charge in [0, 0.05) is 11.3 Å². The third-order valence-electron chi connectivity index (χ3n) is 2.78.